The van der Waals surface area contributed by atoms with Crippen LogP contribution in [0, 0.1) is 13.8 Å². The molecule has 2 aromatic carbocycles. The Labute approximate surface area is 172 Å². The number of rotatable bonds is 3. The smallest absolute Gasteiger partial charge is 0.255 e. The van der Waals surface area contributed by atoms with Gasteiger partial charge in [0.05, 0.1) is 11.3 Å². The van der Waals surface area contributed by atoms with E-state index in [0.717, 1.165) is 23.2 Å². The molecule has 0 saturated carbocycles. The van der Waals surface area contributed by atoms with Gasteiger partial charge in [-0.25, -0.2) is 4.68 Å². The number of carbonyl (C=O) groups excluding carboxylic acids is 1. The third-order valence-electron chi connectivity index (χ3n) is 5.05. The van der Waals surface area contributed by atoms with Crippen LogP contribution in [0.2, 0.25) is 0 Å². The molecule has 0 atom stereocenters. The van der Waals surface area contributed by atoms with Gasteiger partial charge in [-0.3, -0.25) is 4.79 Å². The second-order valence-electron chi connectivity index (χ2n) is 6.99. The molecule has 1 fully saturated rings. The van der Waals surface area contributed by atoms with Crippen LogP contribution in [-0.4, -0.2) is 57.2 Å². The molecule has 1 aromatic heterocycles. The van der Waals surface area contributed by atoms with Crippen molar-refractivity contribution in [3.8, 4) is 5.69 Å². The number of carbonyl (C=O) groups is 1. The van der Waals surface area contributed by atoms with Crippen LogP contribution in [0.3, 0.4) is 0 Å². The highest BCUT2D eigenvalue weighted by molar-refractivity contribution is 9.10. The van der Waals surface area contributed by atoms with Gasteiger partial charge in [-0.05, 0) is 70.0 Å². The SMILES string of the molecule is Cc1ccc(N2CCN(C(=O)c3cc(-n4cnnn4)ccc3Br)CC2)c(C)c1. The lowest BCUT2D eigenvalue weighted by Crippen LogP contribution is -2.49. The predicted molar refractivity (Wildman–Crippen MR) is 111 cm³/mol. The second kappa shape index (κ2) is 7.71. The number of aryl methyl sites for hydroxylation is 2. The number of hydrogen-bond donors (Lipinski definition) is 0. The van der Waals surface area contributed by atoms with E-state index in [4.69, 9.17) is 0 Å². The van der Waals surface area contributed by atoms with Crippen molar-refractivity contribution in [3.63, 3.8) is 0 Å². The minimum absolute atomic E-state index is 0.0158. The summed E-state index contributed by atoms with van der Waals surface area (Å²) in [5, 5.41) is 11.2. The molecule has 1 aliphatic rings. The molecule has 0 bridgehead atoms. The van der Waals surface area contributed by atoms with Gasteiger partial charge in [-0.1, -0.05) is 17.7 Å². The number of benzene rings is 2. The lowest BCUT2D eigenvalue weighted by atomic mass is 10.1. The standard InChI is InChI=1S/C20H21BrN6O/c1-14-3-6-19(15(2)11-14)25-7-9-26(10-8-25)20(28)17-12-16(4-5-18(17)21)27-13-22-23-24-27/h3-6,11-13H,7-10H2,1-2H3. The van der Waals surface area contributed by atoms with E-state index in [-0.39, 0.29) is 5.91 Å². The summed E-state index contributed by atoms with van der Waals surface area (Å²) in [6.07, 6.45) is 1.51. The molecule has 0 spiro atoms. The molecule has 0 N–H and O–H groups in total. The lowest BCUT2D eigenvalue weighted by Gasteiger charge is -2.37. The van der Waals surface area contributed by atoms with Gasteiger partial charge in [0, 0.05) is 36.3 Å². The van der Waals surface area contributed by atoms with E-state index in [1.807, 2.05) is 23.1 Å². The number of tetrazole rings is 1. The number of anilines is 1. The molecular formula is C20H21BrN6O. The van der Waals surface area contributed by atoms with Crippen molar-refractivity contribution in [3.05, 3.63) is 63.9 Å². The Morgan fingerprint density at radius 2 is 1.82 bits per heavy atom. The van der Waals surface area contributed by atoms with Crippen molar-refractivity contribution >= 4 is 27.5 Å². The molecule has 1 aliphatic heterocycles. The maximum atomic E-state index is 13.1. The predicted octanol–water partition coefficient (Wildman–Crippen LogP) is 3.00. The molecule has 4 rings (SSSR count). The van der Waals surface area contributed by atoms with Gasteiger partial charge in [0.25, 0.3) is 5.91 Å². The molecule has 7 nitrogen and oxygen atoms in total. The Kier molecular flexibility index (Phi) is 5.13. The first kappa shape index (κ1) is 18.6. The summed E-state index contributed by atoms with van der Waals surface area (Å²) >= 11 is 3.51. The van der Waals surface area contributed by atoms with E-state index in [0.29, 0.717) is 18.7 Å². The van der Waals surface area contributed by atoms with Crippen molar-refractivity contribution in [2.75, 3.05) is 31.1 Å². The van der Waals surface area contributed by atoms with Gasteiger partial charge < -0.3 is 9.80 Å². The quantitative estimate of drug-likeness (QED) is 0.625. The summed E-state index contributed by atoms with van der Waals surface area (Å²) < 4.78 is 2.31. The molecule has 0 aliphatic carbocycles. The molecule has 8 heteroatoms. The Balaban J connectivity index is 1.49. The molecule has 0 radical (unpaired) electrons. The van der Waals surface area contributed by atoms with E-state index < -0.39 is 0 Å². The summed E-state index contributed by atoms with van der Waals surface area (Å²) in [5.74, 6) is 0.0158. The van der Waals surface area contributed by atoms with Crippen molar-refractivity contribution in [2.45, 2.75) is 13.8 Å². The molecule has 1 amide bonds. The van der Waals surface area contributed by atoms with Crippen LogP contribution in [0.15, 0.2) is 47.2 Å². The van der Waals surface area contributed by atoms with Crippen molar-refractivity contribution in [1.82, 2.24) is 25.1 Å². The van der Waals surface area contributed by atoms with Gasteiger partial charge in [-0.15, -0.1) is 5.10 Å². The monoisotopic (exact) mass is 440 g/mol. The van der Waals surface area contributed by atoms with E-state index in [9.17, 15) is 4.79 Å². The van der Waals surface area contributed by atoms with E-state index in [2.05, 4.69) is 68.4 Å². The number of amides is 1. The van der Waals surface area contributed by atoms with E-state index in [1.54, 1.807) is 4.68 Å². The largest absolute Gasteiger partial charge is 0.368 e. The Morgan fingerprint density at radius 1 is 1.04 bits per heavy atom. The average molecular weight is 441 g/mol. The topological polar surface area (TPSA) is 67.2 Å². The third-order valence-corrected chi connectivity index (χ3v) is 5.75. The highest BCUT2D eigenvalue weighted by Gasteiger charge is 2.24. The van der Waals surface area contributed by atoms with Gasteiger partial charge in [0.2, 0.25) is 0 Å². The van der Waals surface area contributed by atoms with Gasteiger partial charge in [0.1, 0.15) is 6.33 Å². The van der Waals surface area contributed by atoms with E-state index >= 15 is 0 Å². The minimum Gasteiger partial charge on any atom is -0.368 e. The fraction of sp³-hybridized carbons (Fsp3) is 0.300. The van der Waals surface area contributed by atoms with Crippen molar-refractivity contribution in [1.29, 1.82) is 0 Å². The van der Waals surface area contributed by atoms with Crippen LogP contribution in [0.5, 0.6) is 0 Å². The summed E-state index contributed by atoms with van der Waals surface area (Å²) in [7, 11) is 0. The van der Waals surface area contributed by atoms with Gasteiger partial charge >= 0.3 is 0 Å². The first-order valence-electron chi connectivity index (χ1n) is 9.17. The fourth-order valence-electron chi connectivity index (χ4n) is 3.58. The molecular weight excluding hydrogens is 420 g/mol. The van der Waals surface area contributed by atoms with Crippen LogP contribution in [0.25, 0.3) is 5.69 Å². The normalized spacial score (nSPS) is 14.4. The average Bonchev–Trinajstić information content (AvgIpc) is 3.23. The molecule has 2 heterocycles. The van der Waals surface area contributed by atoms with Crippen molar-refractivity contribution < 1.29 is 4.79 Å². The molecule has 0 unspecified atom stereocenters. The summed E-state index contributed by atoms with van der Waals surface area (Å²) in [6, 6.07) is 12.1. The molecule has 28 heavy (non-hydrogen) atoms. The first-order chi connectivity index (χ1) is 13.5. The van der Waals surface area contributed by atoms with Crippen LogP contribution in [-0.2, 0) is 0 Å². The summed E-state index contributed by atoms with van der Waals surface area (Å²) in [4.78, 5) is 17.4. The number of hydrogen-bond acceptors (Lipinski definition) is 5. The maximum Gasteiger partial charge on any atom is 0.255 e. The number of piperazine rings is 1. The zero-order valence-electron chi connectivity index (χ0n) is 15.8. The second-order valence-corrected chi connectivity index (χ2v) is 7.84. The summed E-state index contributed by atoms with van der Waals surface area (Å²) in [6.45, 7) is 7.26. The van der Waals surface area contributed by atoms with Crippen LogP contribution < -0.4 is 4.90 Å². The highest BCUT2D eigenvalue weighted by atomic mass is 79.9. The van der Waals surface area contributed by atoms with Crippen LogP contribution in [0.4, 0.5) is 5.69 Å². The molecule has 3 aromatic rings. The zero-order chi connectivity index (χ0) is 19.7. The fourth-order valence-corrected chi connectivity index (χ4v) is 4.00. The maximum absolute atomic E-state index is 13.1. The Bertz CT molecular complexity index is 996. The van der Waals surface area contributed by atoms with Gasteiger partial charge in [0.15, 0.2) is 0 Å². The Morgan fingerprint density at radius 3 is 2.50 bits per heavy atom. The zero-order valence-corrected chi connectivity index (χ0v) is 17.4. The highest BCUT2D eigenvalue weighted by Crippen LogP contribution is 2.25. The van der Waals surface area contributed by atoms with Crippen LogP contribution in [0.1, 0.15) is 21.5 Å². The van der Waals surface area contributed by atoms with E-state index in [1.165, 1.54) is 23.1 Å². The lowest BCUT2D eigenvalue weighted by molar-refractivity contribution is 0.0746. The molecule has 1 saturated heterocycles. The third kappa shape index (κ3) is 3.64. The minimum atomic E-state index is 0.0158. The Hall–Kier alpha value is -2.74. The number of nitrogens with zero attached hydrogens (tertiary/aromatic N) is 6. The van der Waals surface area contributed by atoms with Crippen LogP contribution >= 0.6 is 15.9 Å². The van der Waals surface area contributed by atoms with Crippen molar-refractivity contribution in [2.24, 2.45) is 0 Å². The molecule has 144 valence electrons. The number of halogens is 1. The van der Waals surface area contributed by atoms with Gasteiger partial charge in [-0.2, -0.15) is 0 Å². The number of aromatic nitrogens is 4. The first-order valence-corrected chi connectivity index (χ1v) is 9.96. The summed E-state index contributed by atoms with van der Waals surface area (Å²) in [5.41, 5.74) is 5.16.